The fourth-order valence-corrected chi connectivity index (χ4v) is 2.99. The predicted octanol–water partition coefficient (Wildman–Crippen LogP) is 0.945. The quantitative estimate of drug-likeness (QED) is 0.0933. The maximum atomic E-state index is 12.3. The Hall–Kier alpha value is -2.36. The molecule has 0 unspecified atom stereocenters. The molecular formula is C25H45NO13. The smallest absolute Gasteiger partial charge is 0.305 e. The molecule has 0 radical (unpaired) electrons. The van der Waals surface area contributed by atoms with Crippen LogP contribution in [0.25, 0.3) is 0 Å². The minimum Gasteiger partial charge on any atom is -0.481 e. The van der Waals surface area contributed by atoms with E-state index in [4.69, 9.17) is 43.7 Å². The molecule has 0 aliphatic heterocycles. The van der Waals surface area contributed by atoms with Gasteiger partial charge in [0.1, 0.15) is 5.54 Å². The summed E-state index contributed by atoms with van der Waals surface area (Å²) in [5, 5.41) is 28.9. The predicted molar refractivity (Wildman–Crippen MR) is 137 cm³/mol. The largest absolute Gasteiger partial charge is 0.481 e. The first-order valence-electron chi connectivity index (χ1n) is 13.1. The van der Waals surface area contributed by atoms with E-state index in [1.54, 1.807) is 6.92 Å². The van der Waals surface area contributed by atoms with E-state index in [2.05, 4.69) is 5.32 Å². The van der Waals surface area contributed by atoms with Crippen LogP contribution < -0.4 is 5.32 Å². The van der Waals surface area contributed by atoms with E-state index in [0.29, 0.717) is 58.9 Å². The first kappa shape index (κ1) is 36.6. The Kier molecular flexibility index (Phi) is 23.2. The highest BCUT2D eigenvalue weighted by molar-refractivity contribution is 5.76. The number of amides is 1. The Morgan fingerprint density at radius 1 is 0.538 bits per heavy atom. The minimum atomic E-state index is -0.981. The normalized spacial score (nSPS) is 11.4. The highest BCUT2D eigenvalue weighted by Gasteiger charge is 2.33. The first-order chi connectivity index (χ1) is 18.7. The maximum Gasteiger partial charge on any atom is 0.305 e. The molecule has 0 aromatic rings. The molecule has 0 atom stereocenters. The number of hydrogen-bond acceptors (Lipinski definition) is 10. The molecule has 0 aliphatic carbocycles. The third-order valence-electron chi connectivity index (χ3n) is 4.97. The van der Waals surface area contributed by atoms with Crippen LogP contribution in [0.4, 0.5) is 0 Å². The Balaban J connectivity index is 4.75. The summed E-state index contributed by atoms with van der Waals surface area (Å²) < 4.78 is 33.2. The van der Waals surface area contributed by atoms with Crippen molar-refractivity contribution in [3.63, 3.8) is 0 Å². The number of carbonyl (C=O) groups excluding carboxylic acids is 1. The van der Waals surface area contributed by atoms with E-state index < -0.39 is 23.4 Å². The van der Waals surface area contributed by atoms with Gasteiger partial charge >= 0.3 is 17.9 Å². The zero-order valence-electron chi connectivity index (χ0n) is 22.9. The van der Waals surface area contributed by atoms with Crippen molar-refractivity contribution in [3.8, 4) is 0 Å². The van der Waals surface area contributed by atoms with Crippen LogP contribution in [0.1, 0.15) is 51.9 Å². The van der Waals surface area contributed by atoms with Crippen LogP contribution in [-0.4, -0.2) is 124 Å². The topological polar surface area (TPSA) is 196 Å². The number of nitrogens with one attached hydrogen (secondary N) is 1. The van der Waals surface area contributed by atoms with Crippen LogP contribution in [-0.2, 0) is 47.6 Å². The fourth-order valence-electron chi connectivity index (χ4n) is 2.99. The molecule has 14 nitrogen and oxygen atoms in total. The summed E-state index contributed by atoms with van der Waals surface area (Å²) in [6, 6.07) is 0. The van der Waals surface area contributed by atoms with Gasteiger partial charge in [0.25, 0.3) is 0 Å². The van der Waals surface area contributed by atoms with Crippen molar-refractivity contribution in [1.82, 2.24) is 5.32 Å². The lowest BCUT2D eigenvalue weighted by molar-refractivity contribution is -0.139. The van der Waals surface area contributed by atoms with Gasteiger partial charge in [-0.05, 0) is 19.3 Å². The molecule has 39 heavy (non-hydrogen) atoms. The van der Waals surface area contributed by atoms with Crippen LogP contribution in [0.15, 0.2) is 0 Å². The molecule has 0 aliphatic rings. The van der Waals surface area contributed by atoms with E-state index in [9.17, 15) is 19.2 Å². The van der Waals surface area contributed by atoms with Gasteiger partial charge in [-0.2, -0.15) is 0 Å². The summed E-state index contributed by atoms with van der Waals surface area (Å²) in [7, 11) is 0. The van der Waals surface area contributed by atoms with Gasteiger partial charge in [0.2, 0.25) is 5.91 Å². The number of carbonyl (C=O) groups is 4. The van der Waals surface area contributed by atoms with Gasteiger partial charge in [-0.3, -0.25) is 19.2 Å². The molecule has 0 rings (SSSR count). The maximum absolute atomic E-state index is 12.3. The average molecular weight is 568 g/mol. The summed E-state index contributed by atoms with van der Waals surface area (Å²) in [4.78, 5) is 43.9. The highest BCUT2D eigenvalue weighted by Crippen LogP contribution is 2.11. The number of carboxylic acid groups (broad SMARTS) is 3. The van der Waals surface area contributed by atoms with Crippen LogP contribution >= 0.6 is 0 Å². The third-order valence-corrected chi connectivity index (χ3v) is 4.97. The molecule has 0 aromatic heterocycles. The lowest BCUT2D eigenvalue weighted by Gasteiger charge is -2.34. The average Bonchev–Trinajstić information content (AvgIpc) is 2.88. The summed E-state index contributed by atoms with van der Waals surface area (Å²) in [5.41, 5.74) is -0.981. The van der Waals surface area contributed by atoms with E-state index in [0.717, 1.165) is 0 Å². The second-order valence-electron chi connectivity index (χ2n) is 8.67. The van der Waals surface area contributed by atoms with Crippen LogP contribution in [0.5, 0.6) is 0 Å². The summed E-state index contributed by atoms with van der Waals surface area (Å²) in [6.07, 6.45) is 1.61. The molecule has 0 aromatic carbocycles. The lowest BCUT2D eigenvalue weighted by Crippen LogP contribution is -2.58. The number of ether oxygens (including phenoxy) is 6. The minimum absolute atomic E-state index is 0.0725. The van der Waals surface area contributed by atoms with Crippen LogP contribution in [0.3, 0.4) is 0 Å². The second-order valence-corrected chi connectivity index (χ2v) is 8.67. The van der Waals surface area contributed by atoms with Crippen molar-refractivity contribution in [3.05, 3.63) is 0 Å². The zero-order valence-corrected chi connectivity index (χ0v) is 22.9. The van der Waals surface area contributed by atoms with E-state index >= 15 is 0 Å². The molecule has 0 bridgehead atoms. The summed E-state index contributed by atoms with van der Waals surface area (Å²) in [6.45, 7) is 4.29. The van der Waals surface area contributed by atoms with Crippen molar-refractivity contribution < 1.29 is 62.9 Å². The van der Waals surface area contributed by atoms with E-state index in [-0.39, 0.29) is 71.2 Å². The van der Waals surface area contributed by atoms with E-state index in [1.807, 2.05) is 0 Å². The van der Waals surface area contributed by atoms with Crippen molar-refractivity contribution in [2.24, 2.45) is 0 Å². The Labute approximate surface area is 229 Å². The van der Waals surface area contributed by atoms with Gasteiger partial charge in [-0.1, -0.05) is 6.92 Å². The van der Waals surface area contributed by atoms with Gasteiger partial charge in [0, 0.05) is 46.1 Å². The Morgan fingerprint density at radius 3 is 1.13 bits per heavy atom. The van der Waals surface area contributed by atoms with Crippen LogP contribution in [0.2, 0.25) is 0 Å². The van der Waals surface area contributed by atoms with Crippen LogP contribution in [0, 0.1) is 0 Å². The molecular weight excluding hydrogens is 522 g/mol. The summed E-state index contributed by atoms with van der Waals surface area (Å²) >= 11 is 0. The zero-order chi connectivity index (χ0) is 29.2. The molecule has 0 saturated heterocycles. The van der Waals surface area contributed by atoms with Gasteiger partial charge in [-0.25, -0.2) is 0 Å². The van der Waals surface area contributed by atoms with Gasteiger partial charge < -0.3 is 49.1 Å². The number of carboxylic acids is 3. The highest BCUT2D eigenvalue weighted by atomic mass is 16.5. The standard InChI is InChI=1S/C25H45NO13/c1-2-21(27)26-25(18-37-12-3-9-34-15-6-22(28)29,19-38-13-4-10-35-16-7-23(30)31)20-39-14-5-11-36-17-8-24(32)33/h2-20H2,1H3,(H,26,27)(H,28,29)(H,30,31)(H,32,33). The van der Waals surface area contributed by atoms with Gasteiger partial charge in [-0.15, -0.1) is 0 Å². The fraction of sp³-hybridized carbons (Fsp3) is 0.840. The number of hydrogen-bond donors (Lipinski definition) is 4. The molecule has 0 spiro atoms. The molecule has 14 heteroatoms. The second kappa shape index (κ2) is 24.7. The monoisotopic (exact) mass is 567 g/mol. The molecule has 4 N–H and O–H groups in total. The first-order valence-corrected chi connectivity index (χ1v) is 13.1. The summed E-state index contributed by atoms with van der Waals surface area (Å²) in [5.74, 6) is -3.00. The molecule has 228 valence electrons. The van der Waals surface area contributed by atoms with Crippen molar-refractivity contribution in [2.45, 2.75) is 57.4 Å². The SMILES string of the molecule is CCC(=O)NC(COCCCOCCC(=O)O)(COCCCOCCC(=O)O)COCCCOCCC(=O)O. The number of aliphatic carboxylic acids is 3. The lowest BCUT2D eigenvalue weighted by atomic mass is 10.0. The van der Waals surface area contributed by atoms with Crippen molar-refractivity contribution >= 4 is 23.8 Å². The Morgan fingerprint density at radius 2 is 0.846 bits per heavy atom. The molecule has 0 fully saturated rings. The molecule has 1 amide bonds. The van der Waals surface area contributed by atoms with Gasteiger partial charge in [0.05, 0.1) is 58.9 Å². The Bertz CT molecular complexity index is 600. The van der Waals surface area contributed by atoms with Crippen molar-refractivity contribution in [1.29, 1.82) is 0 Å². The van der Waals surface area contributed by atoms with Gasteiger partial charge in [0.15, 0.2) is 0 Å². The third kappa shape index (κ3) is 24.4. The molecule has 0 heterocycles. The van der Waals surface area contributed by atoms with Crippen molar-refractivity contribution in [2.75, 3.05) is 79.3 Å². The molecule has 0 saturated carbocycles. The number of rotatable bonds is 29. The van der Waals surface area contributed by atoms with E-state index in [1.165, 1.54) is 0 Å².